The molecule has 0 aliphatic carbocycles. The highest BCUT2D eigenvalue weighted by Crippen LogP contribution is 2.27. The quantitative estimate of drug-likeness (QED) is 0.693. The summed E-state index contributed by atoms with van der Waals surface area (Å²) in [6.07, 6.45) is 3.64. The minimum absolute atomic E-state index is 0.0113. The molecule has 0 aromatic carbocycles. The van der Waals surface area contributed by atoms with Crippen molar-refractivity contribution in [3.63, 3.8) is 0 Å². The minimum Gasteiger partial charge on any atom is -0.379 e. The molecule has 1 aliphatic rings. The summed E-state index contributed by atoms with van der Waals surface area (Å²) >= 11 is 3.25. The molecule has 0 spiro atoms. The van der Waals surface area contributed by atoms with Crippen LogP contribution in [-0.2, 0) is 20.7 Å². The van der Waals surface area contributed by atoms with Gasteiger partial charge >= 0.3 is 0 Å². The molecule has 2 aromatic rings. The van der Waals surface area contributed by atoms with Crippen LogP contribution < -0.4 is 5.32 Å². The first kappa shape index (κ1) is 17.5. The standard InChI is InChI=1S/C17H22N2O3S2/c20-16(18-6-3-7-21-11-14-4-1-8-22-14)10-13-12-24-17(19-13)15-5-2-9-23-15/h2,5,9,12,14H,1,3-4,6-8,10-11H2,(H,18,20). The maximum absolute atomic E-state index is 11.9. The second-order valence-electron chi connectivity index (χ2n) is 5.71. The molecule has 2 aromatic heterocycles. The Morgan fingerprint density at radius 2 is 2.42 bits per heavy atom. The van der Waals surface area contributed by atoms with Crippen LogP contribution in [0.2, 0.25) is 0 Å². The zero-order chi connectivity index (χ0) is 16.6. The summed E-state index contributed by atoms with van der Waals surface area (Å²) < 4.78 is 11.1. The van der Waals surface area contributed by atoms with Crippen molar-refractivity contribution in [3.8, 4) is 9.88 Å². The highest BCUT2D eigenvalue weighted by Gasteiger charge is 2.15. The van der Waals surface area contributed by atoms with Crippen LogP contribution in [0, 0.1) is 0 Å². The van der Waals surface area contributed by atoms with Crippen molar-refractivity contribution in [1.82, 2.24) is 10.3 Å². The van der Waals surface area contributed by atoms with Gasteiger partial charge in [-0.3, -0.25) is 4.79 Å². The summed E-state index contributed by atoms with van der Waals surface area (Å²) in [6.45, 7) is 2.80. The molecule has 1 atom stereocenters. The topological polar surface area (TPSA) is 60.5 Å². The van der Waals surface area contributed by atoms with Crippen LogP contribution in [0.4, 0.5) is 0 Å². The smallest absolute Gasteiger partial charge is 0.226 e. The molecule has 1 unspecified atom stereocenters. The van der Waals surface area contributed by atoms with Gasteiger partial charge in [-0.1, -0.05) is 6.07 Å². The van der Waals surface area contributed by atoms with E-state index in [1.54, 1.807) is 22.7 Å². The minimum atomic E-state index is 0.0113. The van der Waals surface area contributed by atoms with Gasteiger partial charge in [0.15, 0.2) is 0 Å². The number of thiophene rings is 1. The van der Waals surface area contributed by atoms with Gasteiger partial charge in [-0.2, -0.15) is 0 Å². The van der Waals surface area contributed by atoms with Crippen LogP contribution in [-0.4, -0.2) is 43.4 Å². The largest absolute Gasteiger partial charge is 0.379 e. The number of hydrogen-bond donors (Lipinski definition) is 1. The number of nitrogens with zero attached hydrogens (tertiary/aromatic N) is 1. The summed E-state index contributed by atoms with van der Waals surface area (Å²) in [6, 6.07) is 4.05. The van der Waals surface area contributed by atoms with E-state index in [9.17, 15) is 4.79 Å². The Kier molecular flexibility index (Phi) is 6.77. The van der Waals surface area contributed by atoms with Gasteiger partial charge in [-0.05, 0) is 30.7 Å². The predicted octanol–water partition coefficient (Wildman–Crippen LogP) is 3.12. The number of aromatic nitrogens is 1. The molecule has 0 bridgehead atoms. The molecule has 1 aliphatic heterocycles. The Morgan fingerprint density at radius 1 is 1.46 bits per heavy atom. The Labute approximate surface area is 150 Å². The van der Waals surface area contributed by atoms with Gasteiger partial charge in [-0.25, -0.2) is 4.98 Å². The van der Waals surface area contributed by atoms with Crippen molar-refractivity contribution in [2.45, 2.75) is 31.8 Å². The molecule has 24 heavy (non-hydrogen) atoms. The van der Waals surface area contributed by atoms with Crippen molar-refractivity contribution in [3.05, 3.63) is 28.6 Å². The summed E-state index contributed by atoms with van der Waals surface area (Å²) in [5.41, 5.74) is 0.829. The number of carbonyl (C=O) groups excluding carboxylic acids is 1. The third-order valence-corrected chi connectivity index (χ3v) is 5.67. The molecule has 1 saturated heterocycles. The first-order chi connectivity index (χ1) is 11.8. The van der Waals surface area contributed by atoms with E-state index >= 15 is 0 Å². The van der Waals surface area contributed by atoms with E-state index in [0.717, 1.165) is 41.4 Å². The van der Waals surface area contributed by atoms with Gasteiger partial charge < -0.3 is 14.8 Å². The number of hydrogen-bond acceptors (Lipinski definition) is 6. The van der Waals surface area contributed by atoms with Crippen LogP contribution in [0.5, 0.6) is 0 Å². The molecule has 0 saturated carbocycles. The lowest BCUT2D eigenvalue weighted by Crippen LogP contribution is -2.27. The van der Waals surface area contributed by atoms with Gasteiger partial charge in [0.25, 0.3) is 0 Å². The summed E-state index contributed by atoms with van der Waals surface area (Å²) in [4.78, 5) is 17.6. The number of rotatable bonds is 9. The first-order valence-electron chi connectivity index (χ1n) is 8.25. The molecule has 1 amide bonds. The molecule has 1 N–H and O–H groups in total. The van der Waals surface area contributed by atoms with E-state index in [4.69, 9.17) is 9.47 Å². The van der Waals surface area contributed by atoms with E-state index in [-0.39, 0.29) is 12.0 Å². The van der Waals surface area contributed by atoms with E-state index < -0.39 is 0 Å². The van der Waals surface area contributed by atoms with Crippen LogP contribution >= 0.6 is 22.7 Å². The van der Waals surface area contributed by atoms with E-state index in [0.29, 0.717) is 26.2 Å². The lowest BCUT2D eigenvalue weighted by atomic mass is 10.2. The van der Waals surface area contributed by atoms with Crippen LogP contribution in [0.3, 0.4) is 0 Å². The molecule has 3 heterocycles. The molecule has 7 heteroatoms. The third kappa shape index (κ3) is 5.37. The average molecular weight is 367 g/mol. The van der Waals surface area contributed by atoms with Gasteiger partial charge in [0.2, 0.25) is 5.91 Å². The molecule has 5 nitrogen and oxygen atoms in total. The van der Waals surface area contributed by atoms with E-state index in [1.165, 1.54) is 0 Å². The number of carbonyl (C=O) groups is 1. The molecular weight excluding hydrogens is 344 g/mol. The van der Waals surface area contributed by atoms with Crippen molar-refractivity contribution < 1.29 is 14.3 Å². The number of amides is 1. The summed E-state index contributed by atoms with van der Waals surface area (Å²) in [7, 11) is 0. The molecule has 130 valence electrons. The van der Waals surface area contributed by atoms with Crippen molar-refractivity contribution >= 4 is 28.6 Å². The van der Waals surface area contributed by atoms with Crippen LogP contribution in [0.1, 0.15) is 25.0 Å². The normalized spacial score (nSPS) is 17.2. The number of nitrogens with one attached hydrogen (secondary N) is 1. The molecular formula is C17H22N2O3S2. The second kappa shape index (κ2) is 9.27. The van der Waals surface area contributed by atoms with E-state index in [2.05, 4.69) is 10.3 Å². The van der Waals surface area contributed by atoms with Crippen LogP contribution in [0.25, 0.3) is 9.88 Å². The fourth-order valence-corrected chi connectivity index (χ4v) is 4.16. The van der Waals surface area contributed by atoms with Crippen molar-refractivity contribution in [1.29, 1.82) is 0 Å². The maximum Gasteiger partial charge on any atom is 0.226 e. The second-order valence-corrected chi connectivity index (χ2v) is 7.52. The Hall–Kier alpha value is -1.28. The lowest BCUT2D eigenvalue weighted by molar-refractivity contribution is -0.120. The Balaban J connectivity index is 1.28. The summed E-state index contributed by atoms with van der Waals surface area (Å²) in [5.74, 6) is 0.0113. The maximum atomic E-state index is 11.9. The SMILES string of the molecule is O=C(Cc1csc(-c2cccs2)n1)NCCCOCC1CCCO1. The Bertz CT molecular complexity index is 622. The fourth-order valence-electron chi connectivity index (χ4n) is 2.52. The lowest BCUT2D eigenvalue weighted by Gasteiger charge is -2.10. The molecule has 0 radical (unpaired) electrons. The van der Waals surface area contributed by atoms with E-state index in [1.807, 2.05) is 22.9 Å². The van der Waals surface area contributed by atoms with Crippen molar-refractivity contribution in [2.75, 3.05) is 26.4 Å². The zero-order valence-corrected chi connectivity index (χ0v) is 15.2. The fraction of sp³-hybridized carbons (Fsp3) is 0.529. The van der Waals surface area contributed by atoms with Crippen molar-refractivity contribution in [2.24, 2.45) is 0 Å². The molecule has 3 rings (SSSR count). The highest BCUT2D eigenvalue weighted by atomic mass is 32.1. The van der Waals surface area contributed by atoms with Crippen LogP contribution in [0.15, 0.2) is 22.9 Å². The number of thiazole rings is 1. The Morgan fingerprint density at radius 3 is 3.21 bits per heavy atom. The highest BCUT2D eigenvalue weighted by molar-refractivity contribution is 7.20. The monoisotopic (exact) mass is 366 g/mol. The number of ether oxygens (including phenoxy) is 2. The van der Waals surface area contributed by atoms with Gasteiger partial charge in [0, 0.05) is 25.1 Å². The summed E-state index contributed by atoms with van der Waals surface area (Å²) in [5, 5.41) is 7.89. The first-order valence-corrected chi connectivity index (χ1v) is 10.0. The average Bonchev–Trinajstić information content (AvgIpc) is 3.31. The van der Waals surface area contributed by atoms with Gasteiger partial charge in [-0.15, -0.1) is 22.7 Å². The third-order valence-electron chi connectivity index (χ3n) is 3.74. The molecule has 1 fully saturated rings. The zero-order valence-electron chi connectivity index (χ0n) is 13.5. The predicted molar refractivity (Wildman–Crippen MR) is 96.6 cm³/mol. The van der Waals surface area contributed by atoms with Gasteiger partial charge in [0.05, 0.1) is 29.7 Å². The van der Waals surface area contributed by atoms with Gasteiger partial charge in [0.1, 0.15) is 5.01 Å².